The Morgan fingerprint density at radius 2 is 1.58 bits per heavy atom. The van der Waals surface area contributed by atoms with Gasteiger partial charge in [0.2, 0.25) is 5.91 Å². The predicted octanol–water partition coefficient (Wildman–Crippen LogP) is 5.12. The van der Waals surface area contributed by atoms with E-state index in [2.05, 4.69) is 31.0 Å². The van der Waals surface area contributed by atoms with Gasteiger partial charge in [-0.25, -0.2) is 22.0 Å². The van der Waals surface area contributed by atoms with Crippen LogP contribution in [0, 0.1) is 23.6 Å². The third-order valence-corrected chi connectivity index (χ3v) is 16.6. The van der Waals surface area contributed by atoms with E-state index < -0.39 is 27.4 Å². The Labute approximate surface area is 349 Å². The van der Waals surface area contributed by atoms with Gasteiger partial charge in [-0.05, 0) is 125 Å². The predicted molar refractivity (Wildman–Crippen MR) is 224 cm³/mol. The molecule has 1 N–H and O–H groups in total. The number of hydrogen-bond donors (Lipinski definition) is 1. The molecule has 6 fully saturated rings. The zero-order chi connectivity index (χ0) is 41.1. The Morgan fingerprint density at radius 3 is 2.24 bits per heavy atom. The Morgan fingerprint density at radius 1 is 0.864 bits per heavy atom. The fourth-order valence-corrected chi connectivity index (χ4v) is 12.6. The second-order valence-electron chi connectivity index (χ2n) is 18.1. The number of sulfone groups is 1. The second-order valence-corrected chi connectivity index (χ2v) is 20.3. The number of hydrogen-bond acceptors (Lipinski definition) is 9. The van der Waals surface area contributed by atoms with Crippen LogP contribution in [0.25, 0.3) is 0 Å². The zero-order valence-corrected chi connectivity index (χ0v) is 35.3. The van der Waals surface area contributed by atoms with Gasteiger partial charge in [-0.15, -0.1) is 0 Å². The Hall–Kier alpha value is -3.59. The number of alkyl halides is 1. The molecule has 0 radical (unpaired) electrons. The molecule has 2 aromatic rings. The number of ether oxygens (including phenoxy) is 1. The minimum Gasteiger partial charge on any atom is -0.453 e. The fourth-order valence-electron chi connectivity index (χ4n) is 11.0. The molecule has 5 saturated heterocycles. The Balaban J connectivity index is 0.831. The van der Waals surface area contributed by atoms with E-state index in [1.807, 2.05) is 18.2 Å². The van der Waals surface area contributed by atoms with Gasteiger partial charge in [-0.3, -0.25) is 9.69 Å². The summed E-state index contributed by atoms with van der Waals surface area (Å²) in [6.45, 7) is 10.1. The van der Waals surface area contributed by atoms with Crippen molar-refractivity contribution in [3.63, 3.8) is 0 Å². The van der Waals surface area contributed by atoms with Gasteiger partial charge in [0.25, 0.3) is 0 Å². The number of rotatable bonds is 14. The van der Waals surface area contributed by atoms with Gasteiger partial charge in [0.15, 0.2) is 9.84 Å². The molecular weight excluding hydrogens is 775 g/mol. The maximum atomic E-state index is 15.0. The van der Waals surface area contributed by atoms with E-state index in [0.717, 1.165) is 95.7 Å². The minimum absolute atomic E-state index is 0.0166. The number of carbonyl (C=O) groups is 2. The number of piperidine rings is 2. The molecule has 0 bridgehead atoms. The first-order valence-corrected chi connectivity index (χ1v) is 23.5. The van der Waals surface area contributed by atoms with Crippen LogP contribution >= 0.6 is 0 Å². The van der Waals surface area contributed by atoms with E-state index in [-0.39, 0.29) is 42.2 Å². The highest BCUT2D eigenvalue weighted by atomic mass is 32.2. The largest absolute Gasteiger partial charge is 0.453 e. The van der Waals surface area contributed by atoms with Crippen LogP contribution in [0.4, 0.5) is 19.3 Å². The summed E-state index contributed by atoms with van der Waals surface area (Å²) >= 11 is 0. The highest BCUT2D eigenvalue weighted by Crippen LogP contribution is 2.51. The van der Waals surface area contributed by atoms with E-state index in [1.165, 1.54) is 25.7 Å². The average Bonchev–Trinajstić information content (AvgIpc) is 3.64. The molecule has 3 atom stereocenters. The summed E-state index contributed by atoms with van der Waals surface area (Å²) in [5.41, 5.74) is 1.80. The zero-order valence-electron chi connectivity index (χ0n) is 34.5. The number of nitrogens with zero attached hydrogens (tertiary/aromatic N) is 5. The molecule has 1 aliphatic carbocycles. The molecule has 5 heterocycles. The fraction of sp³-hybridized carbons (Fsp3) is 0.644. The normalized spacial score (nSPS) is 25.7. The van der Waals surface area contributed by atoms with Crippen molar-refractivity contribution in [2.45, 2.75) is 79.1 Å². The average molecular weight is 837 g/mol. The Kier molecular flexibility index (Phi) is 13.0. The van der Waals surface area contributed by atoms with Crippen molar-refractivity contribution in [1.29, 1.82) is 0 Å². The van der Waals surface area contributed by atoms with Gasteiger partial charge in [0, 0.05) is 88.0 Å². The number of carbonyl (C=O) groups excluding carboxylic acids is 2. The lowest BCUT2D eigenvalue weighted by Gasteiger charge is -2.54. The van der Waals surface area contributed by atoms with Crippen molar-refractivity contribution in [3.05, 3.63) is 72.1 Å². The van der Waals surface area contributed by atoms with Crippen molar-refractivity contribution in [2.75, 3.05) is 97.1 Å². The number of halogens is 2. The Bertz CT molecular complexity index is 1900. The first kappa shape index (κ1) is 42.1. The molecule has 1 saturated carbocycles. The monoisotopic (exact) mass is 836 g/mol. The molecule has 0 aromatic heterocycles. The molecule has 0 unspecified atom stereocenters. The van der Waals surface area contributed by atoms with Gasteiger partial charge in [-0.2, -0.15) is 0 Å². The third-order valence-electron chi connectivity index (χ3n) is 14.5. The van der Waals surface area contributed by atoms with Crippen LogP contribution in [0.5, 0.6) is 0 Å². The minimum atomic E-state index is -3.56. The van der Waals surface area contributed by atoms with Crippen LogP contribution in [0.15, 0.2) is 65.6 Å². The van der Waals surface area contributed by atoms with Crippen molar-refractivity contribution >= 4 is 27.5 Å². The van der Waals surface area contributed by atoms with Gasteiger partial charge < -0.3 is 29.7 Å². The lowest BCUT2D eigenvalue weighted by Crippen LogP contribution is -2.60. The standard InChI is InChI=1S/C45H62F2N6O5S/c1-58-44(55)48-42-9-3-8-41(42)45(32-51-20-5-21-51,35-6-2-7-37(47)26-35)34-15-22-50(23-16-34)27-33-28-52(29-33)38-11-13-39(14-12-38)59(56,57)40-30-53(31-40)43(54)10-4-19-49-24-17-36(46)18-25-49/h2,4,6-7,10-14,26,33-34,36,40-42H,3,5,8-9,15-25,27-32H2,1H3,(H,48,55)/b10-4+/t41-,42-,45-/m0/s1. The van der Waals surface area contributed by atoms with Crippen LogP contribution in [-0.2, 0) is 24.8 Å². The lowest BCUT2D eigenvalue weighted by molar-refractivity contribution is -0.129. The molecule has 0 spiro atoms. The van der Waals surface area contributed by atoms with Crippen LogP contribution in [0.3, 0.4) is 0 Å². The van der Waals surface area contributed by atoms with Crippen molar-refractivity contribution in [1.82, 2.24) is 24.9 Å². The van der Waals surface area contributed by atoms with E-state index >= 15 is 4.39 Å². The van der Waals surface area contributed by atoms with Gasteiger partial charge >= 0.3 is 6.09 Å². The van der Waals surface area contributed by atoms with E-state index in [9.17, 15) is 22.4 Å². The molecule has 59 heavy (non-hydrogen) atoms. The summed E-state index contributed by atoms with van der Waals surface area (Å²) in [6, 6.07) is 14.5. The molecule has 8 rings (SSSR count). The first-order chi connectivity index (χ1) is 28.5. The van der Waals surface area contributed by atoms with Crippen LogP contribution in [-0.4, -0.2) is 150 Å². The number of benzene rings is 2. The summed E-state index contributed by atoms with van der Waals surface area (Å²) in [5.74, 6) is 0.660. The van der Waals surface area contributed by atoms with Gasteiger partial charge in [-0.1, -0.05) is 24.6 Å². The molecule has 14 heteroatoms. The quantitative estimate of drug-likeness (QED) is 0.260. The summed E-state index contributed by atoms with van der Waals surface area (Å²) in [5, 5.41) is 2.57. The molecule has 6 aliphatic rings. The first-order valence-electron chi connectivity index (χ1n) is 22.0. The summed E-state index contributed by atoms with van der Waals surface area (Å²) < 4.78 is 60.3. The number of anilines is 1. The number of amides is 2. The molecule has 5 aliphatic heterocycles. The number of nitrogens with one attached hydrogen (secondary N) is 1. The molecular formula is C45H62F2N6O5S. The summed E-state index contributed by atoms with van der Waals surface area (Å²) in [6.07, 6.45) is 9.36. The maximum absolute atomic E-state index is 15.0. The topological polar surface area (TPSA) is 106 Å². The molecule has 11 nitrogen and oxygen atoms in total. The number of methoxy groups -OCH3 is 1. The highest BCUT2D eigenvalue weighted by molar-refractivity contribution is 7.92. The molecule has 2 aromatic carbocycles. The van der Waals surface area contributed by atoms with E-state index in [0.29, 0.717) is 49.2 Å². The third kappa shape index (κ3) is 9.21. The number of likely N-dealkylation sites (tertiary alicyclic amines) is 4. The van der Waals surface area contributed by atoms with Crippen LogP contribution in [0.1, 0.15) is 56.9 Å². The molecule has 2 amide bonds. The van der Waals surface area contributed by atoms with Gasteiger partial charge in [0.05, 0.1) is 12.0 Å². The highest BCUT2D eigenvalue weighted by Gasteiger charge is 2.53. The van der Waals surface area contributed by atoms with Crippen LogP contribution in [0.2, 0.25) is 0 Å². The second kappa shape index (κ2) is 18.2. The van der Waals surface area contributed by atoms with E-state index in [4.69, 9.17) is 4.74 Å². The van der Waals surface area contributed by atoms with Crippen LogP contribution < -0.4 is 10.2 Å². The van der Waals surface area contributed by atoms with Crippen molar-refractivity contribution in [2.24, 2.45) is 17.8 Å². The summed E-state index contributed by atoms with van der Waals surface area (Å²) in [7, 11) is -2.15. The number of alkyl carbamates (subject to hydrolysis) is 1. The summed E-state index contributed by atoms with van der Waals surface area (Å²) in [4.78, 5) is 36.5. The van der Waals surface area contributed by atoms with Crippen molar-refractivity contribution < 1.29 is 31.5 Å². The lowest BCUT2D eigenvalue weighted by atomic mass is 9.57. The maximum Gasteiger partial charge on any atom is 0.407 e. The van der Waals surface area contributed by atoms with Crippen molar-refractivity contribution in [3.8, 4) is 0 Å². The smallest absolute Gasteiger partial charge is 0.407 e. The molecule has 322 valence electrons. The van der Waals surface area contributed by atoms with E-state index in [1.54, 1.807) is 29.2 Å². The SMILES string of the molecule is COC(=O)N[C@H]1CCC[C@@H]1[C@](CN1CCC1)(c1cccc(F)c1)C1CCN(CC2CN(c3ccc(S(=O)(=O)C4CN(C(=O)/C=C/CN5CCC(F)CC5)C4)cc3)C2)CC1. The van der Waals surface area contributed by atoms with Gasteiger partial charge in [0.1, 0.15) is 17.2 Å².